The fraction of sp³-hybridized carbons (Fsp3) is 0.219. The van der Waals surface area contributed by atoms with E-state index in [1.54, 1.807) is 32.3 Å². The highest BCUT2D eigenvalue weighted by Crippen LogP contribution is 2.63. The summed E-state index contributed by atoms with van der Waals surface area (Å²) in [6, 6.07) is 29.0. The maximum absolute atomic E-state index is 2.48. The van der Waals surface area contributed by atoms with Crippen LogP contribution in [0, 0.1) is 17.7 Å². The van der Waals surface area contributed by atoms with Gasteiger partial charge in [-0.15, -0.1) is 0 Å². The van der Waals surface area contributed by atoms with Crippen LogP contribution >= 0.6 is 0 Å². The van der Waals surface area contributed by atoms with Gasteiger partial charge in [-0.3, -0.25) is 0 Å². The maximum atomic E-state index is 2.48. The molecule has 8 rings (SSSR count). The van der Waals surface area contributed by atoms with E-state index < -0.39 is 0 Å². The summed E-state index contributed by atoms with van der Waals surface area (Å²) in [5, 5.41) is 1.67. The average Bonchev–Trinajstić information content (AvgIpc) is 3.38. The first kappa shape index (κ1) is 19.4. The summed E-state index contributed by atoms with van der Waals surface area (Å²) in [4.78, 5) is 1.74. The third-order valence-electron chi connectivity index (χ3n) is 8.38. The van der Waals surface area contributed by atoms with Gasteiger partial charge < -0.3 is 0 Å². The van der Waals surface area contributed by atoms with E-state index in [9.17, 15) is 0 Å². The van der Waals surface area contributed by atoms with E-state index in [0.29, 0.717) is 15.0 Å². The zero-order valence-electron chi connectivity index (χ0n) is 19.5. The van der Waals surface area contributed by atoms with Crippen LogP contribution in [0.3, 0.4) is 0 Å². The van der Waals surface area contributed by atoms with Crippen molar-refractivity contribution in [1.29, 1.82) is 0 Å². The molecule has 0 nitrogen and oxygen atoms in total. The van der Waals surface area contributed by atoms with Crippen LogP contribution in [0.25, 0.3) is 39.0 Å². The standard InChI is InChI=1S/C32H28Si/c1-4-18(2)31-30-28-25-19(3)32(33-31)29(30)26(27(25)28)24-16-22(20-11-7-5-8-12-20)15-23(17-24)21-13-9-6-10-14-21/h5-18,28,31,33H,4H2,1-3H3. The van der Waals surface area contributed by atoms with E-state index in [4.69, 9.17) is 0 Å². The summed E-state index contributed by atoms with van der Waals surface area (Å²) in [7, 11) is 0.360. The Kier molecular flexibility index (Phi) is 4.11. The fourth-order valence-electron chi connectivity index (χ4n) is 6.50. The third kappa shape index (κ3) is 2.66. The first-order valence-electron chi connectivity index (χ1n) is 12.4. The van der Waals surface area contributed by atoms with E-state index in [1.165, 1.54) is 34.2 Å². The third-order valence-corrected chi connectivity index (χ3v) is 10.8. The first-order valence-corrected chi connectivity index (χ1v) is 13.6. The molecule has 33 heavy (non-hydrogen) atoms. The average molecular weight is 441 g/mol. The molecule has 0 N–H and O–H groups in total. The van der Waals surface area contributed by atoms with Crippen LogP contribution in [0.2, 0.25) is 5.54 Å². The first-order chi connectivity index (χ1) is 16.2. The summed E-state index contributed by atoms with van der Waals surface area (Å²) in [6.07, 6.45) is 1.29. The Morgan fingerprint density at radius 1 is 0.758 bits per heavy atom. The molecule has 1 aliphatic heterocycles. The van der Waals surface area contributed by atoms with Gasteiger partial charge in [0.2, 0.25) is 0 Å². The monoisotopic (exact) mass is 440 g/mol. The summed E-state index contributed by atoms with van der Waals surface area (Å²) >= 11 is 0. The SMILES string of the molecule is CCC(C)C1[SiH]=c2c(C)c3c4c(-c5cc(-c6ccccc6)cc(-c6ccccc6)c5)c2=C1C34. The highest BCUT2D eigenvalue weighted by Gasteiger charge is 2.51. The molecule has 0 radical (unpaired) electrons. The van der Waals surface area contributed by atoms with Gasteiger partial charge in [-0.25, -0.2) is 0 Å². The van der Waals surface area contributed by atoms with Gasteiger partial charge in [0.1, 0.15) is 0 Å². The molecule has 160 valence electrons. The minimum atomic E-state index is 0.360. The lowest BCUT2D eigenvalue weighted by Crippen LogP contribution is -2.13. The number of benzene rings is 4. The van der Waals surface area contributed by atoms with Crippen LogP contribution in [0.4, 0.5) is 0 Å². The molecule has 3 atom stereocenters. The van der Waals surface area contributed by atoms with Gasteiger partial charge in [-0.1, -0.05) is 80.9 Å². The summed E-state index contributed by atoms with van der Waals surface area (Å²) in [5.74, 6) is 1.46. The number of rotatable bonds is 5. The van der Waals surface area contributed by atoms with E-state index in [0.717, 1.165) is 11.5 Å². The number of hydrogen-bond donors (Lipinski definition) is 0. The van der Waals surface area contributed by atoms with Gasteiger partial charge in [0.15, 0.2) is 0 Å². The minimum absolute atomic E-state index is 0.360. The molecule has 3 aliphatic carbocycles. The van der Waals surface area contributed by atoms with Crippen LogP contribution in [0.1, 0.15) is 42.9 Å². The molecule has 0 aromatic heterocycles. The van der Waals surface area contributed by atoms with Crippen molar-refractivity contribution in [3.8, 4) is 33.4 Å². The molecule has 6 bridgehead atoms. The lowest BCUT2D eigenvalue weighted by atomic mass is 9.89. The van der Waals surface area contributed by atoms with E-state index in [-0.39, 0.29) is 0 Å². The van der Waals surface area contributed by atoms with Gasteiger partial charge in [0.05, 0.1) is 0 Å². The Morgan fingerprint density at radius 2 is 1.33 bits per heavy atom. The maximum Gasteiger partial charge on any atom is 0.0326 e. The van der Waals surface area contributed by atoms with Crippen molar-refractivity contribution in [2.45, 2.75) is 38.7 Å². The normalized spacial score (nSPS) is 19.5. The molecule has 0 spiro atoms. The second-order valence-corrected chi connectivity index (χ2v) is 11.7. The minimum Gasteiger partial charge on any atom is -0.0651 e. The summed E-state index contributed by atoms with van der Waals surface area (Å²) in [6.45, 7) is 7.25. The zero-order valence-corrected chi connectivity index (χ0v) is 20.7. The van der Waals surface area contributed by atoms with E-state index in [2.05, 4.69) is 99.6 Å². The van der Waals surface area contributed by atoms with Crippen molar-refractivity contribution in [3.63, 3.8) is 0 Å². The van der Waals surface area contributed by atoms with Crippen LogP contribution in [-0.2, 0) is 0 Å². The van der Waals surface area contributed by atoms with Gasteiger partial charge in [-0.2, -0.15) is 0 Å². The van der Waals surface area contributed by atoms with Crippen LogP contribution in [0.15, 0.2) is 78.9 Å². The van der Waals surface area contributed by atoms with Crippen LogP contribution in [0.5, 0.6) is 0 Å². The molecule has 0 saturated heterocycles. The van der Waals surface area contributed by atoms with E-state index >= 15 is 0 Å². The molecule has 1 heterocycles. The molecule has 1 heteroatoms. The van der Waals surface area contributed by atoms with E-state index in [1.807, 2.05) is 5.57 Å². The molecule has 4 aromatic carbocycles. The molecular weight excluding hydrogens is 412 g/mol. The Morgan fingerprint density at radius 3 is 1.91 bits per heavy atom. The summed E-state index contributed by atoms with van der Waals surface area (Å²) < 4.78 is 0. The van der Waals surface area contributed by atoms with Crippen LogP contribution in [-0.4, -0.2) is 9.13 Å². The predicted octanol–water partition coefficient (Wildman–Crippen LogP) is 7.14. The van der Waals surface area contributed by atoms with Gasteiger partial charge in [-0.05, 0) is 102 Å². The van der Waals surface area contributed by atoms with Crippen molar-refractivity contribution in [1.82, 2.24) is 0 Å². The fourth-order valence-corrected chi connectivity index (χ4v) is 8.89. The Balaban J connectivity index is 1.50. The Bertz CT molecular complexity index is 1500. The molecule has 0 fully saturated rings. The van der Waals surface area contributed by atoms with Gasteiger partial charge in [0, 0.05) is 15.0 Å². The molecular formula is C32H28Si. The smallest absolute Gasteiger partial charge is 0.0326 e. The largest absolute Gasteiger partial charge is 0.0651 e. The topological polar surface area (TPSA) is 0 Å². The van der Waals surface area contributed by atoms with Crippen molar-refractivity contribution >= 4 is 14.7 Å². The van der Waals surface area contributed by atoms with Crippen molar-refractivity contribution in [2.24, 2.45) is 5.92 Å². The second kappa shape index (κ2) is 6.98. The molecule has 0 amide bonds. The number of hydrogen-bond acceptors (Lipinski definition) is 0. The Hall–Kier alpha value is -3.03. The quantitative estimate of drug-likeness (QED) is 0.289. The zero-order chi connectivity index (χ0) is 22.3. The van der Waals surface area contributed by atoms with Crippen molar-refractivity contribution in [3.05, 3.63) is 106 Å². The van der Waals surface area contributed by atoms with Crippen LogP contribution < -0.4 is 5.22 Å². The van der Waals surface area contributed by atoms with Gasteiger partial charge >= 0.3 is 0 Å². The van der Waals surface area contributed by atoms with Crippen molar-refractivity contribution in [2.75, 3.05) is 0 Å². The Labute approximate surface area is 198 Å². The highest BCUT2D eigenvalue weighted by atomic mass is 28.2. The van der Waals surface area contributed by atoms with Crippen molar-refractivity contribution < 1.29 is 0 Å². The summed E-state index contributed by atoms with van der Waals surface area (Å²) in [5.41, 5.74) is 15.9. The highest BCUT2D eigenvalue weighted by molar-refractivity contribution is 6.37. The predicted molar refractivity (Wildman–Crippen MR) is 142 cm³/mol. The lowest BCUT2D eigenvalue weighted by molar-refractivity contribution is 0.573. The molecule has 4 aromatic rings. The van der Waals surface area contributed by atoms with Gasteiger partial charge in [0.25, 0.3) is 0 Å². The lowest BCUT2D eigenvalue weighted by Gasteiger charge is -2.19. The molecule has 3 unspecified atom stereocenters. The second-order valence-electron chi connectivity index (χ2n) is 10.1. The molecule has 4 aliphatic rings. The molecule has 0 saturated carbocycles.